The van der Waals surface area contributed by atoms with Crippen molar-refractivity contribution in [2.45, 2.75) is 6.04 Å². The molecule has 2 amide bonds. The lowest BCUT2D eigenvalue weighted by Gasteiger charge is -2.21. The molecule has 0 aliphatic heterocycles. The van der Waals surface area contributed by atoms with Gasteiger partial charge in [0.2, 0.25) is 0 Å². The number of amides is 2. The summed E-state index contributed by atoms with van der Waals surface area (Å²) >= 11 is 0. The Labute approximate surface area is 112 Å². The van der Waals surface area contributed by atoms with E-state index in [0.29, 0.717) is 0 Å². The van der Waals surface area contributed by atoms with E-state index in [9.17, 15) is 4.79 Å². The van der Waals surface area contributed by atoms with Crippen molar-refractivity contribution < 1.29 is 4.79 Å². The number of benzene rings is 1. The summed E-state index contributed by atoms with van der Waals surface area (Å²) in [5, 5.41) is 2.98. The molecule has 5 heteroatoms. The molecular formula is C14H18N4O. The maximum Gasteiger partial charge on any atom is 0.317 e. The summed E-state index contributed by atoms with van der Waals surface area (Å²) < 4.78 is 1.91. The Hall–Kier alpha value is -2.30. The van der Waals surface area contributed by atoms with Gasteiger partial charge < -0.3 is 14.8 Å². The fourth-order valence-corrected chi connectivity index (χ4v) is 1.85. The monoisotopic (exact) mass is 258 g/mol. The van der Waals surface area contributed by atoms with Gasteiger partial charge in [-0.25, -0.2) is 9.78 Å². The number of hydrogen-bond acceptors (Lipinski definition) is 2. The van der Waals surface area contributed by atoms with Crippen LogP contribution in [-0.2, 0) is 7.05 Å². The number of aryl methyl sites for hydroxylation is 1. The van der Waals surface area contributed by atoms with E-state index in [2.05, 4.69) is 10.3 Å². The Morgan fingerprint density at radius 2 is 2.00 bits per heavy atom. The number of nitrogens with one attached hydrogen (secondary N) is 1. The highest BCUT2D eigenvalue weighted by Crippen LogP contribution is 2.20. The normalized spacial score (nSPS) is 11.9. The lowest BCUT2D eigenvalue weighted by atomic mass is 10.1. The van der Waals surface area contributed by atoms with Crippen LogP contribution in [-0.4, -0.2) is 34.6 Å². The van der Waals surface area contributed by atoms with Gasteiger partial charge in [-0.05, 0) is 5.56 Å². The summed E-state index contributed by atoms with van der Waals surface area (Å²) in [5.41, 5.74) is 1.01. The highest BCUT2D eigenvalue weighted by Gasteiger charge is 2.20. The maximum atomic E-state index is 11.9. The summed E-state index contributed by atoms with van der Waals surface area (Å²) in [6.07, 6.45) is 3.60. The quantitative estimate of drug-likeness (QED) is 0.912. The van der Waals surface area contributed by atoms with Gasteiger partial charge in [-0.15, -0.1) is 0 Å². The Morgan fingerprint density at radius 3 is 2.53 bits per heavy atom. The molecule has 0 radical (unpaired) electrons. The third-order valence-corrected chi connectivity index (χ3v) is 2.92. The van der Waals surface area contributed by atoms with Crippen LogP contribution in [0.5, 0.6) is 0 Å². The average molecular weight is 258 g/mol. The van der Waals surface area contributed by atoms with Gasteiger partial charge >= 0.3 is 6.03 Å². The molecule has 19 heavy (non-hydrogen) atoms. The number of carbonyl (C=O) groups is 1. The van der Waals surface area contributed by atoms with Gasteiger partial charge in [0.15, 0.2) is 0 Å². The summed E-state index contributed by atoms with van der Waals surface area (Å²) in [4.78, 5) is 17.8. The number of urea groups is 1. The van der Waals surface area contributed by atoms with E-state index in [-0.39, 0.29) is 12.1 Å². The molecule has 0 aliphatic carbocycles. The van der Waals surface area contributed by atoms with Crippen LogP contribution in [0.1, 0.15) is 17.4 Å². The van der Waals surface area contributed by atoms with Gasteiger partial charge in [0.05, 0.1) is 0 Å². The molecule has 1 aromatic heterocycles. The van der Waals surface area contributed by atoms with Crippen LogP contribution in [0.3, 0.4) is 0 Å². The lowest BCUT2D eigenvalue weighted by Crippen LogP contribution is -2.38. The lowest BCUT2D eigenvalue weighted by molar-refractivity contribution is 0.214. The third kappa shape index (κ3) is 2.93. The molecular weight excluding hydrogens is 240 g/mol. The zero-order valence-electron chi connectivity index (χ0n) is 11.4. The Kier molecular flexibility index (Phi) is 3.85. The SMILES string of the molecule is CN(C)C(=O)NC(c1ccccc1)c1nccn1C. The summed E-state index contributed by atoms with van der Waals surface area (Å²) in [6.45, 7) is 0. The zero-order chi connectivity index (χ0) is 13.8. The highest BCUT2D eigenvalue weighted by atomic mass is 16.2. The van der Waals surface area contributed by atoms with Crippen LogP contribution in [0, 0.1) is 0 Å². The first-order valence-corrected chi connectivity index (χ1v) is 6.09. The fourth-order valence-electron chi connectivity index (χ4n) is 1.85. The molecule has 0 saturated heterocycles. The Balaban J connectivity index is 2.35. The van der Waals surface area contributed by atoms with E-state index in [1.165, 1.54) is 4.90 Å². The molecule has 0 spiro atoms. The molecule has 1 heterocycles. The molecule has 0 bridgehead atoms. The second-order valence-electron chi connectivity index (χ2n) is 4.58. The molecule has 0 saturated carbocycles. The predicted molar refractivity (Wildman–Crippen MR) is 73.7 cm³/mol. The van der Waals surface area contributed by atoms with Crippen molar-refractivity contribution in [3.8, 4) is 0 Å². The van der Waals surface area contributed by atoms with Crippen LogP contribution < -0.4 is 5.32 Å². The van der Waals surface area contributed by atoms with Crippen LogP contribution in [0.25, 0.3) is 0 Å². The molecule has 2 aromatic rings. The molecule has 1 unspecified atom stereocenters. The second kappa shape index (κ2) is 5.56. The molecule has 0 aliphatic rings. The highest BCUT2D eigenvalue weighted by molar-refractivity contribution is 5.74. The second-order valence-corrected chi connectivity index (χ2v) is 4.58. The minimum absolute atomic E-state index is 0.142. The largest absolute Gasteiger partial charge is 0.336 e. The van der Waals surface area contributed by atoms with Gasteiger partial charge in [-0.2, -0.15) is 0 Å². The summed E-state index contributed by atoms with van der Waals surface area (Å²) in [7, 11) is 5.35. The summed E-state index contributed by atoms with van der Waals surface area (Å²) in [6, 6.07) is 9.42. The first kappa shape index (κ1) is 13.1. The number of nitrogens with zero attached hydrogens (tertiary/aromatic N) is 3. The first-order valence-electron chi connectivity index (χ1n) is 6.09. The van der Waals surface area contributed by atoms with Crippen molar-refractivity contribution >= 4 is 6.03 Å². The Morgan fingerprint density at radius 1 is 1.32 bits per heavy atom. The number of carbonyl (C=O) groups excluding carboxylic acids is 1. The van der Waals surface area contributed by atoms with Crippen molar-refractivity contribution in [3.63, 3.8) is 0 Å². The Bertz CT molecular complexity index is 548. The van der Waals surface area contributed by atoms with Gasteiger partial charge in [0, 0.05) is 33.5 Å². The molecule has 2 rings (SSSR count). The standard InChI is InChI=1S/C14H18N4O/c1-17(2)14(19)16-12(11-7-5-4-6-8-11)13-15-9-10-18(13)3/h4-10,12H,1-3H3,(H,16,19). The van der Waals surface area contributed by atoms with E-state index < -0.39 is 0 Å². The summed E-state index contributed by atoms with van der Waals surface area (Å²) in [5.74, 6) is 0.807. The van der Waals surface area contributed by atoms with E-state index in [4.69, 9.17) is 0 Å². The molecule has 100 valence electrons. The van der Waals surface area contributed by atoms with Crippen LogP contribution in [0.4, 0.5) is 4.79 Å². The number of aromatic nitrogens is 2. The van der Waals surface area contributed by atoms with Crippen LogP contribution in [0.2, 0.25) is 0 Å². The minimum Gasteiger partial charge on any atom is -0.336 e. The van der Waals surface area contributed by atoms with Crippen molar-refractivity contribution in [2.75, 3.05) is 14.1 Å². The van der Waals surface area contributed by atoms with Gasteiger partial charge in [-0.3, -0.25) is 0 Å². The molecule has 0 fully saturated rings. The van der Waals surface area contributed by atoms with Crippen molar-refractivity contribution in [3.05, 3.63) is 54.1 Å². The maximum absolute atomic E-state index is 11.9. The minimum atomic E-state index is -0.254. The van der Waals surface area contributed by atoms with Gasteiger partial charge in [0.25, 0.3) is 0 Å². The third-order valence-electron chi connectivity index (χ3n) is 2.92. The zero-order valence-corrected chi connectivity index (χ0v) is 11.4. The van der Waals surface area contributed by atoms with E-state index in [1.807, 2.05) is 48.1 Å². The van der Waals surface area contributed by atoms with Crippen molar-refractivity contribution in [1.82, 2.24) is 19.8 Å². The molecule has 1 atom stereocenters. The predicted octanol–water partition coefficient (Wildman–Crippen LogP) is 1.78. The van der Waals surface area contributed by atoms with Crippen LogP contribution in [0.15, 0.2) is 42.7 Å². The molecule has 5 nitrogen and oxygen atoms in total. The number of imidazole rings is 1. The van der Waals surface area contributed by atoms with Crippen molar-refractivity contribution in [2.24, 2.45) is 7.05 Å². The smallest absolute Gasteiger partial charge is 0.317 e. The number of hydrogen-bond donors (Lipinski definition) is 1. The van der Waals surface area contributed by atoms with Crippen LogP contribution >= 0.6 is 0 Å². The number of rotatable bonds is 3. The fraction of sp³-hybridized carbons (Fsp3) is 0.286. The van der Waals surface area contributed by atoms with E-state index in [1.54, 1.807) is 20.3 Å². The molecule has 1 aromatic carbocycles. The topological polar surface area (TPSA) is 50.2 Å². The van der Waals surface area contributed by atoms with E-state index in [0.717, 1.165) is 11.4 Å². The van der Waals surface area contributed by atoms with Crippen molar-refractivity contribution in [1.29, 1.82) is 0 Å². The van der Waals surface area contributed by atoms with Gasteiger partial charge in [0.1, 0.15) is 11.9 Å². The van der Waals surface area contributed by atoms with Gasteiger partial charge in [-0.1, -0.05) is 30.3 Å². The van der Waals surface area contributed by atoms with E-state index >= 15 is 0 Å². The molecule has 1 N–H and O–H groups in total. The first-order chi connectivity index (χ1) is 9.09. The average Bonchev–Trinajstić information content (AvgIpc) is 2.82.